The number of halogens is 6. The Hall–Kier alpha value is -1.77. The summed E-state index contributed by atoms with van der Waals surface area (Å²) in [6, 6.07) is 0.459. The maximum Gasteiger partial charge on any atom is 0.417 e. The van der Waals surface area contributed by atoms with Gasteiger partial charge in [0.05, 0.1) is 16.7 Å². The van der Waals surface area contributed by atoms with E-state index in [-0.39, 0.29) is 30.1 Å². The number of hydrogen-bond donors (Lipinski definition) is 1. The third-order valence-electron chi connectivity index (χ3n) is 5.87. The summed E-state index contributed by atoms with van der Waals surface area (Å²) in [5, 5.41) is 2.71. The summed E-state index contributed by atoms with van der Waals surface area (Å²) in [6.07, 6.45) is -5.65. The van der Waals surface area contributed by atoms with Gasteiger partial charge in [-0.2, -0.15) is 26.3 Å². The monoisotopic (exact) mass is 422 g/mol. The number of alkyl halides is 6. The van der Waals surface area contributed by atoms with Gasteiger partial charge in [-0.25, -0.2) is 0 Å². The summed E-state index contributed by atoms with van der Waals surface area (Å²) >= 11 is 0. The molecule has 3 nitrogen and oxygen atoms in total. The number of likely N-dealkylation sites (tertiary alicyclic amines) is 1. The molecule has 0 aromatic heterocycles. The lowest BCUT2D eigenvalue weighted by Crippen LogP contribution is -2.48. The van der Waals surface area contributed by atoms with Crippen molar-refractivity contribution in [2.24, 2.45) is 0 Å². The molecular formula is C20H24F6N2O. The summed E-state index contributed by atoms with van der Waals surface area (Å²) < 4.78 is 80.0. The Morgan fingerprint density at radius 2 is 1.69 bits per heavy atom. The number of nitrogens with zero attached hydrogens (tertiary/aromatic N) is 1. The lowest BCUT2D eigenvalue weighted by molar-refractivity contribution is -0.143. The molecule has 0 bridgehead atoms. The van der Waals surface area contributed by atoms with Gasteiger partial charge in [0.1, 0.15) is 0 Å². The number of carbonyl (C=O) groups is 1. The van der Waals surface area contributed by atoms with E-state index in [4.69, 9.17) is 0 Å². The van der Waals surface area contributed by atoms with E-state index < -0.39 is 35.0 Å². The zero-order valence-corrected chi connectivity index (χ0v) is 16.1. The number of aryl methyl sites for hydroxylation is 1. The van der Waals surface area contributed by atoms with Crippen LogP contribution in [0.2, 0.25) is 0 Å². The van der Waals surface area contributed by atoms with E-state index in [1.54, 1.807) is 0 Å². The molecule has 1 aromatic carbocycles. The van der Waals surface area contributed by atoms with E-state index in [1.165, 1.54) is 6.92 Å². The van der Waals surface area contributed by atoms with Crippen molar-refractivity contribution < 1.29 is 31.1 Å². The Morgan fingerprint density at radius 1 is 1.03 bits per heavy atom. The summed E-state index contributed by atoms with van der Waals surface area (Å²) in [7, 11) is 0. The van der Waals surface area contributed by atoms with Crippen molar-refractivity contribution in [1.29, 1.82) is 0 Å². The molecule has 1 aromatic rings. The number of carbonyl (C=O) groups excluding carboxylic acids is 1. The Labute approximate surface area is 165 Å². The SMILES string of the molecule is CCc1cc(C(F)(F)F)cc(C(F)(F)F)c1C(=O)N[C@H]1CCC[C@H]1N1CCCC1. The normalized spacial score (nSPS) is 23.6. The highest BCUT2D eigenvalue weighted by Crippen LogP contribution is 2.39. The predicted molar refractivity (Wildman–Crippen MR) is 95.5 cm³/mol. The third kappa shape index (κ3) is 4.70. The minimum Gasteiger partial charge on any atom is -0.348 e. The molecule has 2 fully saturated rings. The highest BCUT2D eigenvalue weighted by atomic mass is 19.4. The first-order chi connectivity index (χ1) is 13.5. The average molecular weight is 422 g/mol. The maximum atomic E-state index is 13.6. The quantitative estimate of drug-likeness (QED) is 0.690. The molecule has 2 aliphatic rings. The van der Waals surface area contributed by atoms with Crippen LogP contribution in [-0.4, -0.2) is 36.0 Å². The smallest absolute Gasteiger partial charge is 0.348 e. The van der Waals surface area contributed by atoms with E-state index in [2.05, 4.69) is 10.2 Å². The molecule has 0 spiro atoms. The van der Waals surface area contributed by atoms with Gasteiger partial charge in [-0.3, -0.25) is 9.69 Å². The van der Waals surface area contributed by atoms with Crippen molar-refractivity contribution in [3.8, 4) is 0 Å². The number of hydrogen-bond acceptors (Lipinski definition) is 2. The summed E-state index contributed by atoms with van der Waals surface area (Å²) in [6.45, 7) is 3.23. The van der Waals surface area contributed by atoms with Crippen LogP contribution >= 0.6 is 0 Å². The molecule has 1 aliphatic heterocycles. The first kappa shape index (κ1) is 21.9. The third-order valence-corrected chi connectivity index (χ3v) is 5.87. The van der Waals surface area contributed by atoms with Crippen molar-refractivity contribution in [2.45, 2.75) is 69.9 Å². The van der Waals surface area contributed by atoms with Gasteiger partial charge in [0.15, 0.2) is 0 Å². The topological polar surface area (TPSA) is 32.3 Å². The van der Waals surface area contributed by atoms with Crippen LogP contribution in [0.4, 0.5) is 26.3 Å². The second-order valence-electron chi connectivity index (χ2n) is 7.73. The molecule has 1 heterocycles. The number of rotatable bonds is 4. The molecular weight excluding hydrogens is 398 g/mol. The molecule has 3 rings (SSSR count). The molecule has 1 aliphatic carbocycles. The second kappa shape index (κ2) is 8.16. The minimum absolute atomic E-state index is 0.0423. The van der Waals surface area contributed by atoms with E-state index in [9.17, 15) is 31.1 Å². The molecule has 2 atom stereocenters. The van der Waals surface area contributed by atoms with Crippen LogP contribution in [0.25, 0.3) is 0 Å². The van der Waals surface area contributed by atoms with Crippen molar-refractivity contribution >= 4 is 5.91 Å². The van der Waals surface area contributed by atoms with Gasteiger partial charge in [-0.05, 0) is 69.3 Å². The molecule has 0 unspecified atom stereocenters. The Bertz CT molecular complexity index is 753. The van der Waals surface area contributed by atoms with E-state index >= 15 is 0 Å². The molecule has 1 N–H and O–H groups in total. The van der Waals surface area contributed by atoms with Gasteiger partial charge in [-0.15, -0.1) is 0 Å². The average Bonchev–Trinajstić information content (AvgIpc) is 3.30. The summed E-state index contributed by atoms with van der Waals surface area (Å²) in [5.41, 5.74) is -3.87. The molecule has 29 heavy (non-hydrogen) atoms. The summed E-state index contributed by atoms with van der Waals surface area (Å²) in [4.78, 5) is 15.1. The fraction of sp³-hybridized carbons (Fsp3) is 0.650. The lowest BCUT2D eigenvalue weighted by atomic mass is 9.94. The van der Waals surface area contributed by atoms with E-state index in [0.29, 0.717) is 12.5 Å². The van der Waals surface area contributed by atoms with Gasteiger partial charge in [-0.1, -0.05) is 6.92 Å². The number of nitrogens with one attached hydrogen (secondary N) is 1. The van der Waals surface area contributed by atoms with Gasteiger partial charge >= 0.3 is 12.4 Å². The fourth-order valence-corrected chi connectivity index (χ4v) is 4.50. The van der Waals surface area contributed by atoms with E-state index in [1.807, 2.05) is 0 Å². The lowest BCUT2D eigenvalue weighted by Gasteiger charge is -2.30. The van der Waals surface area contributed by atoms with Gasteiger partial charge in [0, 0.05) is 12.1 Å². The van der Waals surface area contributed by atoms with Crippen molar-refractivity contribution in [1.82, 2.24) is 10.2 Å². The zero-order chi connectivity index (χ0) is 21.4. The molecule has 9 heteroatoms. The first-order valence-corrected chi connectivity index (χ1v) is 9.88. The van der Waals surface area contributed by atoms with Gasteiger partial charge in [0.2, 0.25) is 0 Å². The molecule has 1 amide bonds. The zero-order valence-electron chi connectivity index (χ0n) is 16.1. The largest absolute Gasteiger partial charge is 0.417 e. The van der Waals surface area contributed by atoms with Crippen LogP contribution in [0, 0.1) is 0 Å². The molecule has 1 saturated heterocycles. The molecule has 0 radical (unpaired) electrons. The van der Waals surface area contributed by atoms with Crippen LogP contribution in [-0.2, 0) is 18.8 Å². The predicted octanol–water partition coefficient (Wildman–Crippen LogP) is 5.03. The molecule has 162 valence electrons. The first-order valence-electron chi connectivity index (χ1n) is 9.88. The minimum atomic E-state index is -5.07. The van der Waals surface area contributed by atoms with E-state index in [0.717, 1.165) is 38.8 Å². The fourth-order valence-electron chi connectivity index (χ4n) is 4.50. The van der Waals surface area contributed by atoms with Gasteiger partial charge in [0.25, 0.3) is 5.91 Å². The van der Waals surface area contributed by atoms with Crippen LogP contribution in [0.15, 0.2) is 12.1 Å². The Morgan fingerprint density at radius 3 is 2.24 bits per heavy atom. The van der Waals surface area contributed by atoms with Crippen LogP contribution in [0.3, 0.4) is 0 Å². The number of benzene rings is 1. The van der Waals surface area contributed by atoms with Gasteiger partial charge < -0.3 is 5.32 Å². The highest BCUT2D eigenvalue weighted by molar-refractivity contribution is 5.97. The number of amides is 1. The molecule has 1 saturated carbocycles. The Balaban J connectivity index is 1.94. The summed E-state index contributed by atoms with van der Waals surface area (Å²) in [5.74, 6) is -0.945. The van der Waals surface area contributed by atoms with Crippen molar-refractivity contribution in [2.75, 3.05) is 13.1 Å². The second-order valence-corrected chi connectivity index (χ2v) is 7.73. The maximum absolute atomic E-state index is 13.6. The van der Waals surface area contributed by atoms with Crippen LogP contribution < -0.4 is 5.32 Å². The Kier molecular flexibility index (Phi) is 6.17. The van der Waals surface area contributed by atoms with Crippen LogP contribution in [0.5, 0.6) is 0 Å². The highest BCUT2D eigenvalue weighted by Gasteiger charge is 2.42. The van der Waals surface area contributed by atoms with Crippen molar-refractivity contribution in [3.05, 3.63) is 34.4 Å². The standard InChI is InChI=1S/C20H24F6N2O/c1-2-12-10-13(19(21,22)23)11-14(20(24,25)26)17(12)18(29)27-15-6-5-7-16(15)28-8-3-4-9-28/h10-11,15-16H,2-9H2,1H3,(H,27,29)/t15-,16+/m0/s1. The van der Waals surface area contributed by atoms with Crippen LogP contribution in [0.1, 0.15) is 66.1 Å². The van der Waals surface area contributed by atoms with Crippen molar-refractivity contribution in [3.63, 3.8) is 0 Å².